The van der Waals surface area contributed by atoms with Crippen molar-refractivity contribution in [2.45, 2.75) is 90.4 Å². The van der Waals surface area contributed by atoms with Crippen molar-refractivity contribution in [2.24, 2.45) is 5.92 Å². The minimum Gasteiger partial charge on any atom is -0.0885 e. The molecule has 0 bridgehead atoms. The van der Waals surface area contributed by atoms with Crippen LogP contribution in [0.15, 0.2) is 12.2 Å². The first-order valence-corrected chi connectivity index (χ1v) is 8.54. The van der Waals surface area contributed by atoms with Crippen molar-refractivity contribution < 1.29 is 0 Å². The predicted molar refractivity (Wildman–Crippen MR) is 89.0 cm³/mol. The summed E-state index contributed by atoms with van der Waals surface area (Å²) in [4.78, 5) is 0. The van der Waals surface area contributed by atoms with Crippen molar-refractivity contribution in [3.63, 3.8) is 0 Å². The van der Waals surface area contributed by atoms with Crippen molar-refractivity contribution in [1.29, 1.82) is 0 Å². The van der Waals surface area contributed by atoms with Gasteiger partial charge in [-0.25, -0.2) is 0 Å². The molecule has 0 aromatic carbocycles. The lowest BCUT2D eigenvalue weighted by Gasteiger charge is -2.09. The van der Waals surface area contributed by atoms with Crippen LogP contribution in [0, 0.1) is 19.8 Å². The van der Waals surface area contributed by atoms with Crippen LogP contribution in [0.3, 0.4) is 0 Å². The summed E-state index contributed by atoms with van der Waals surface area (Å²) in [6.07, 6.45) is 21.8. The Kier molecular flexibility index (Phi) is 15.6. The van der Waals surface area contributed by atoms with E-state index in [2.05, 4.69) is 32.9 Å². The Morgan fingerprint density at radius 2 is 1.26 bits per heavy atom. The van der Waals surface area contributed by atoms with Crippen molar-refractivity contribution >= 4 is 0 Å². The molecule has 1 unspecified atom stereocenters. The highest BCUT2D eigenvalue weighted by molar-refractivity contribution is 4.81. The van der Waals surface area contributed by atoms with Gasteiger partial charge >= 0.3 is 0 Å². The molecular formula is C19H36. The second-order valence-corrected chi connectivity index (χ2v) is 5.91. The third-order valence-electron chi connectivity index (χ3n) is 3.81. The fraction of sp³-hybridized carbons (Fsp3) is 0.789. The first-order chi connectivity index (χ1) is 9.31. The Hall–Kier alpha value is -0.260. The maximum atomic E-state index is 3.89. The summed E-state index contributed by atoms with van der Waals surface area (Å²) in [5, 5.41) is 0. The second kappa shape index (κ2) is 15.8. The Morgan fingerprint density at radius 1 is 0.684 bits per heavy atom. The van der Waals surface area contributed by atoms with Crippen molar-refractivity contribution in [3.8, 4) is 0 Å². The Bertz CT molecular complexity index is 180. The third-order valence-corrected chi connectivity index (χ3v) is 3.81. The van der Waals surface area contributed by atoms with Crippen LogP contribution in [-0.4, -0.2) is 0 Å². The van der Waals surface area contributed by atoms with E-state index in [1.54, 1.807) is 0 Å². The van der Waals surface area contributed by atoms with Crippen LogP contribution in [-0.2, 0) is 0 Å². The van der Waals surface area contributed by atoms with Crippen LogP contribution in [0.25, 0.3) is 0 Å². The maximum Gasteiger partial charge on any atom is -0.0348 e. The van der Waals surface area contributed by atoms with Gasteiger partial charge < -0.3 is 0 Å². The molecule has 0 nitrogen and oxygen atoms in total. The van der Waals surface area contributed by atoms with E-state index in [-0.39, 0.29) is 0 Å². The van der Waals surface area contributed by atoms with Gasteiger partial charge in [-0.15, -0.1) is 0 Å². The number of hydrogen-bond acceptors (Lipinski definition) is 0. The number of allylic oxidation sites excluding steroid dienone is 2. The normalized spacial score (nSPS) is 13.2. The molecule has 0 saturated carbocycles. The lowest BCUT2D eigenvalue weighted by atomic mass is 9.98. The number of rotatable bonds is 14. The van der Waals surface area contributed by atoms with Gasteiger partial charge in [0.15, 0.2) is 0 Å². The van der Waals surface area contributed by atoms with Gasteiger partial charge in [-0.1, -0.05) is 90.7 Å². The number of unbranched alkanes of at least 4 members (excludes halogenated alkanes) is 8. The van der Waals surface area contributed by atoms with E-state index in [1.807, 2.05) is 0 Å². The van der Waals surface area contributed by atoms with Crippen molar-refractivity contribution in [2.75, 3.05) is 0 Å². The fourth-order valence-corrected chi connectivity index (χ4v) is 2.40. The topological polar surface area (TPSA) is 0 Å². The first kappa shape index (κ1) is 18.7. The van der Waals surface area contributed by atoms with Gasteiger partial charge in [-0.2, -0.15) is 0 Å². The largest absolute Gasteiger partial charge is 0.0885 e. The van der Waals surface area contributed by atoms with Gasteiger partial charge in [0, 0.05) is 0 Å². The van der Waals surface area contributed by atoms with Crippen LogP contribution < -0.4 is 0 Å². The molecule has 0 heteroatoms. The molecule has 0 fully saturated rings. The molecule has 19 heavy (non-hydrogen) atoms. The van der Waals surface area contributed by atoms with Gasteiger partial charge in [-0.05, 0) is 31.6 Å². The highest BCUT2D eigenvalue weighted by atomic mass is 14.1. The summed E-state index contributed by atoms with van der Waals surface area (Å²) >= 11 is 0. The van der Waals surface area contributed by atoms with E-state index in [0.717, 1.165) is 18.8 Å². The Balaban J connectivity index is 3.22. The van der Waals surface area contributed by atoms with Crippen LogP contribution in [0.1, 0.15) is 90.4 Å². The summed E-state index contributed by atoms with van der Waals surface area (Å²) in [5.74, 6) is 0.895. The minimum absolute atomic E-state index is 0.895. The highest BCUT2D eigenvalue weighted by Crippen LogP contribution is 2.15. The lowest BCUT2D eigenvalue weighted by Crippen LogP contribution is -1.93. The van der Waals surface area contributed by atoms with Gasteiger partial charge in [0.25, 0.3) is 0 Å². The third kappa shape index (κ3) is 15.7. The van der Waals surface area contributed by atoms with Crippen LogP contribution in [0.2, 0.25) is 0 Å². The SMILES string of the molecule is [CH2]CCCCCC/C=C/CCC(C)CCCCC[CH2]. The Labute approximate surface area is 123 Å². The zero-order valence-electron chi connectivity index (χ0n) is 13.3. The molecule has 112 valence electrons. The molecule has 0 aliphatic rings. The van der Waals surface area contributed by atoms with E-state index < -0.39 is 0 Å². The summed E-state index contributed by atoms with van der Waals surface area (Å²) in [6.45, 7) is 10.2. The zero-order chi connectivity index (χ0) is 14.2. The molecule has 0 N–H and O–H groups in total. The van der Waals surface area contributed by atoms with Crippen molar-refractivity contribution in [3.05, 3.63) is 26.0 Å². The van der Waals surface area contributed by atoms with Gasteiger partial charge in [-0.3, -0.25) is 0 Å². The quantitative estimate of drug-likeness (QED) is 0.236. The summed E-state index contributed by atoms with van der Waals surface area (Å²) < 4.78 is 0. The second-order valence-electron chi connectivity index (χ2n) is 5.91. The summed E-state index contributed by atoms with van der Waals surface area (Å²) in [6, 6.07) is 0. The maximum absolute atomic E-state index is 3.89. The first-order valence-electron chi connectivity index (χ1n) is 8.54. The van der Waals surface area contributed by atoms with E-state index in [9.17, 15) is 0 Å². The molecule has 0 amide bonds. The molecular weight excluding hydrogens is 228 g/mol. The molecule has 0 heterocycles. The molecule has 0 aliphatic carbocycles. The zero-order valence-corrected chi connectivity index (χ0v) is 13.3. The van der Waals surface area contributed by atoms with E-state index in [1.165, 1.54) is 70.6 Å². The molecule has 2 radical (unpaired) electrons. The standard InChI is InChI=1S/C19H36/c1-4-6-8-10-11-12-13-14-16-18-19(3)17-15-9-7-5-2/h13-14,19H,1-2,4-12,15-18H2,3H3/b14-13+. The predicted octanol–water partition coefficient (Wildman–Crippen LogP) is 6.92. The smallest absolute Gasteiger partial charge is 0.0348 e. The molecule has 0 spiro atoms. The molecule has 0 aromatic rings. The van der Waals surface area contributed by atoms with Crippen LogP contribution >= 0.6 is 0 Å². The van der Waals surface area contributed by atoms with E-state index >= 15 is 0 Å². The molecule has 0 saturated heterocycles. The van der Waals surface area contributed by atoms with Crippen LogP contribution in [0.5, 0.6) is 0 Å². The van der Waals surface area contributed by atoms with Gasteiger partial charge in [0.2, 0.25) is 0 Å². The molecule has 0 rings (SSSR count). The minimum atomic E-state index is 0.895. The van der Waals surface area contributed by atoms with E-state index in [0.29, 0.717) is 0 Å². The average Bonchev–Trinajstić information content (AvgIpc) is 2.42. The van der Waals surface area contributed by atoms with Gasteiger partial charge in [0.05, 0.1) is 0 Å². The highest BCUT2D eigenvalue weighted by Gasteiger charge is 2.00. The molecule has 0 aliphatic heterocycles. The Morgan fingerprint density at radius 3 is 1.95 bits per heavy atom. The number of hydrogen-bond donors (Lipinski definition) is 0. The molecule has 0 aromatic heterocycles. The monoisotopic (exact) mass is 264 g/mol. The molecule has 1 atom stereocenters. The van der Waals surface area contributed by atoms with Crippen LogP contribution in [0.4, 0.5) is 0 Å². The lowest BCUT2D eigenvalue weighted by molar-refractivity contribution is 0.464. The summed E-state index contributed by atoms with van der Waals surface area (Å²) in [5.41, 5.74) is 0. The fourth-order valence-electron chi connectivity index (χ4n) is 2.40. The summed E-state index contributed by atoms with van der Waals surface area (Å²) in [7, 11) is 0. The van der Waals surface area contributed by atoms with E-state index in [4.69, 9.17) is 0 Å². The van der Waals surface area contributed by atoms with Gasteiger partial charge in [0.1, 0.15) is 0 Å². The van der Waals surface area contributed by atoms with Crippen molar-refractivity contribution in [1.82, 2.24) is 0 Å². The average molecular weight is 264 g/mol.